The minimum atomic E-state index is -0.811. The van der Waals surface area contributed by atoms with Crippen molar-refractivity contribution in [1.82, 2.24) is 4.57 Å². The summed E-state index contributed by atoms with van der Waals surface area (Å²) >= 11 is 12.1. The smallest absolute Gasteiger partial charge is 0.207 e. The normalized spacial score (nSPS) is 24.3. The predicted molar refractivity (Wildman–Crippen MR) is 85.5 cm³/mol. The van der Waals surface area contributed by atoms with E-state index >= 15 is 0 Å². The van der Waals surface area contributed by atoms with Crippen molar-refractivity contribution in [3.05, 3.63) is 27.7 Å². The van der Waals surface area contributed by atoms with Gasteiger partial charge in [-0.1, -0.05) is 23.2 Å². The van der Waals surface area contributed by atoms with Crippen molar-refractivity contribution in [2.24, 2.45) is 0 Å². The zero-order chi connectivity index (χ0) is 16.7. The summed E-state index contributed by atoms with van der Waals surface area (Å²) in [5, 5.41) is 20.4. The summed E-state index contributed by atoms with van der Waals surface area (Å²) in [5.41, 5.74) is 0.931. The molecule has 2 heterocycles. The second kappa shape index (κ2) is 6.30. The molecule has 8 heteroatoms. The van der Waals surface area contributed by atoms with Crippen molar-refractivity contribution in [3.63, 3.8) is 0 Å². The molecule has 3 atom stereocenters. The number of aliphatic hydroxyl groups excluding tert-OH is 2. The standard InChI is InChI=1S/C15H15Cl2NO5/c1-22-15-8(5-19)7-2-9(16)10(17)3-11(7)18(15)14-4-12(21)13(6-20)23-14/h2-3,5,12-14,20-21H,4,6H2,1H3. The van der Waals surface area contributed by atoms with Crippen LogP contribution >= 0.6 is 23.2 Å². The average Bonchev–Trinajstić information content (AvgIpc) is 3.04. The van der Waals surface area contributed by atoms with Crippen molar-refractivity contribution in [3.8, 4) is 5.88 Å². The highest BCUT2D eigenvalue weighted by Crippen LogP contribution is 2.41. The number of aldehydes is 1. The first kappa shape index (κ1) is 16.5. The Bertz CT molecular complexity index is 760. The quantitative estimate of drug-likeness (QED) is 0.819. The Kier molecular flexibility index (Phi) is 4.53. The zero-order valence-electron chi connectivity index (χ0n) is 12.2. The van der Waals surface area contributed by atoms with Crippen LogP contribution in [0, 0.1) is 0 Å². The van der Waals surface area contributed by atoms with Crippen LogP contribution in [0.15, 0.2) is 12.1 Å². The van der Waals surface area contributed by atoms with Crippen molar-refractivity contribution in [2.45, 2.75) is 24.9 Å². The molecule has 1 aliphatic rings. The highest BCUT2D eigenvalue weighted by atomic mass is 35.5. The molecule has 0 spiro atoms. The van der Waals surface area contributed by atoms with Gasteiger partial charge in [-0.15, -0.1) is 0 Å². The first-order chi connectivity index (χ1) is 11.0. The van der Waals surface area contributed by atoms with Gasteiger partial charge in [-0.25, -0.2) is 0 Å². The van der Waals surface area contributed by atoms with E-state index in [4.69, 9.17) is 32.7 Å². The molecule has 2 aromatic rings. The third-order valence-electron chi connectivity index (χ3n) is 4.02. The first-order valence-electron chi connectivity index (χ1n) is 6.98. The maximum absolute atomic E-state index is 11.5. The largest absolute Gasteiger partial charge is 0.482 e. The fourth-order valence-corrected chi connectivity index (χ4v) is 3.27. The van der Waals surface area contributed by atoms with Crippen molar-refractivity contribution in [1.29, 1.82) is 0 Å². The molecule has 1 saturated heterocycles. The number of carbonyl (C=O) groups is 1. The summed E-state index contributed by atoms with van der Waals surface area (Å²) in [7, 11) is 1.44. The Morgan fingerprint density at radius 2 is 2.13 bits per heavy atom. The Morgan fingerprint density at radius 3 is 2.70 bits per heavy atom. The number of aromatic nitrogens is 1. The predicted octanol–water partition coefficient (Wildman–Crippen LogP) is 2.41. The number of rotatable bonds is 4. The number of fused-ring (bicyclic) bond motifs is 1. The van der Waals surface area contributed by atoms with Gasteiger partial charge in [0.1, 0.15) is 12.3 Å². The minimum Gasteiger partial charge on any atom is -0.482 e. The highest BCUT2D eigenvalue weighted by molar-refractivity contribution is 6.43. The van der Waals surface area contributed by atoms with Gasteiger partial charge >= 0.3 is 0 Å². The molecule has 0 aliphatic carbocycles. The summed E-state index contributed by atoms with van der Waals surface area (Å²) in [6, 6.07) is 3.22. The lowest BCUT2D eigenvalue weighted by molar-refractivity contribution is -0.0446. The van der Waals surface area contributed by atoms with Crippen LogP contribution < -0.4 is 4.74 Å². The van der Waals surface area contributed by atoms with E-state index in [0.29, 0.717) is 38.7 Å². The third kappa shape index (κ3) is 2.60. The average molecular weight is 360 g/mol. The lowest BCUT2D eigenvalue weighted by Crippen LogP contribution is -2.24. The van der Waals surface area contributed by atoms with E-state index in [0.717, 1.165) is 0 Å². The maximum atomic E-state index is 11.5. The first-order valence-corrected chi connectivity index (χ1v) is 7.73. The molecule has 0 saturated carbocycles. The number of benzene rings is 1. The molecule has 1 fully saturated rings. The molecule has 1 aromatic carbocycles. The van der Waals surface area contributed by atoms with Crippen LogP contribution in [0.1, 0.15) is 23.0 Å². The molecular weight excluding hydrogens is 345 g/mol. The molecule has 3 rings (SSSR count). The van der Waals surface area contributed by atoms with Crippen LogP contribution in [0.4, 0.5) is 0 Å². The van der Waals surface area contributed by atoms with Crippen LogP contribution in [0.3, 0.4) is 0 Å². The summed E-state index contributed by atoms with van der Waals surface area (Å²) in [6.45, 7) is -0.299. The Morgan fingerprint density at radius 1 is 1.43 bits per heavy atom. The van der Waals surface area contributed by atoms with Gasteiger partial charge in [0.25, 0.3) is 0 Å². The Balaban J connectivity index is 2.23. The highest BCUT2D eigenvalue weighted by Gasteiger charge is 2.37. The van der Waals surface area contributed by atoms with Crippen LogP contribution in [-0.4, -0.2) is 47.0 Å². The topological polar surface area (TPSA) is 80.9 Å². The fourth-order valence-electron chi connectivity index (χ4n) is 2.95. The fraction of sp³-hybridized carbons (Fsp3) is 0.400. The van der Waals surface area contributed by atoms with Crippen LogP contribution in [-0.2, 0) is 4.74 Å². The number of carbonyl (C=O) groups excluding carboxylic acids is 1. The van der Waals surface area contributed by atoms with Crippen molar-refractivity contribution < 1.29 is 24.5 Å². The summed E-state index contributed by atoms with van der Waals surface area (Å²) < 4.78 is 12.7. The molecule has 3 unspecified atom stereocenters. The number of ether oxygens (including phenoxy) is 2. The van der Waals surface area contributed by atoms with Gasteiger partial charge in [0.05, 0.1) is 40.9 Å². The molecule has 0 amide bonds. The Hall–Kier alpha value is -1.31. The summed E-state index contributed by atoms with van der Waals surface area (Å²) in [6.07, 6.45) is -1.16. The summed E-state index contributed by atoms with van der Waals surface area (Å²) in [5.74, 6) is 0.295. The van der Waals surface area contributed by atoms with Gasteiger partial charge in [-0.2, -0.15) is 0 Å². The number of hydrogen-bond donors (Lipinski definition) is 2. The molecular formula is C15H15Cl2NO5. The number of hydrogen-bond acceptors (Lipinski definition) is 5. The zero-order valence-corrected chi connectivity index (χ0v) is 13.7. The van der Waals surface area contributed by atoms with E-state index < -0.39 is 18.4 Å². The van der Waals surface area contributed by atoms with Gasteiger partial charge in [0, 0.05) is 11.8 Å². The lowest BCUT2D eigenvalue weighted by atomic mass is 10.2. The maximum Gasteiger partial charge on any atom is 0.207 e. The SMILES string of the molecule is COc1c(C=O)c2cc(Cl)c(Cl)cc2n1C1CC(O)C(CO)O1. The van der Waals surface area contributed by atoms with E-state index in [1.807, 2.05) is 0 Å². The minimum absolute atomic E-state index is 0.254. The second-order valence-electron chi connectivity index (χ2n) is 5.31. The van der Waals surface area contributed by atoms with E-state index in [2.05, 4.69) is 0 Å². The molecule has 0 bridgehead atoms. The number of nitrogens with zero attached hydrogens (tertiary/aromatic N) is 1. The van der Waals surface area contributed by atoms with Crippen LogP contribution in [0.2, 0.25) is 10.0 Å². The van der Waals surface area contributed by atoms with E-state index in [-0.39, 0.29) is 13.0 Å². The van der Waals surface area contributed by atoms with E-state index in [9.17, 15) is 15.0 Å². The molecule has 23 heavy (non-hydrogen) atoms. The molecule has 1 aromatic heterocycles. The van der Waals surface area contributed by atoms with Gasteiger partial charge in [-0.3, -0.25) is 9.36 Å². The van der Waals surface area contributed by atoms with Gasteiger partial charge in [-0.05, 0) is 12.1 Å². The lowest BCUT2D eigenvalue weighted by Gasteiger charge is -2.17. The molecule has 1 aliphatic heterocycles. The van der Waals surface area contributed by atoms with Crippen molar-refractivity contribution in [2.75, 3.05) is 13.7 Å². The molecule has 124 valence electrons. The number of halogens is 2. The van der Waals surface area contributed by atoms with E-state index in [1.54, 1.807) is 16.7 Å². The van der Waals surface area contributed by atoms with Gasteiger partial charge in [0.2, 0.25) is 5.88 Å². The van der Waals surface area contributed by atoms with Gasteiger partial charge in [0.15, 0.2) is 6.29 Å². The molecule has 2 N–H and O–H groups in total. The molecule has 0 radical (unpaired) electrons. The molecule has 6 nitrogen and oxygen atoms in total. The number of methoxy groups -OCH3 is 1. The van der Waals surface area contributed by atoms with Gasteiger partial charge < -0.3 is 19.7 Å². The van der Waals surface area contributed by atoms with Crippen LogP contribution in [0.25, 0.3) is 10.9 Å². The number of aliphatic hydroxyl groups is 2. The van der Waals surface area contributed by atoms with Crippen molar-refractivity contribution >= 4 is 40.4 Å². The summed E-state index contributed by atoms with van der Waals surface area (Å²) in [4.78, 5) is 11.5. The monoisotopic (exact) mass is 359 g/mol. The second-order valence-corrected chi connectivity index (χ2v) is 6.12. The van der Waals surface area contributed by atoms with E-state index in [1.165, 1.54) is 7.11 Å². The Labute approximate surface area is 142 Å². The van der Waals surface area contributed by atoms with Crippen LogP contribution in [0.5, 0.6) is 5.88 Å². The third-order valence-corrected chi connectivity index (χ3v) is 4.74.